The van der Waals surface area contributed by atoms with Gasteiger partial charge in [0.1, 0.15) is 0 Å². The molecule has 3 rings (SSSR count). The lowest BCUT2D eigenvalue weighted by atomic mass is 9.75. The molecule has 0 spiro atoms. The zero-order valence-corrected chi connectivity index (χ0v) is 5.10. The minimum Gasteiger partial charge on any atom is -0.381 e. The van der Waals surface area contributed by atoms with E-state index in [0.717, 1.165) is 25.0 Å². The number of fused-ring (bicyclic) bond motifs is 3. The smallest absolute Gasteiger partial charge is 0.0494 e. The Morgan fingerprint density at radius 3 is 2.88 bits per heavy atom. The molecule has 8 heavy (non-hydrogen) atoms. The Balaban J connectivity index is 1.95. The van der Waals surface area contributed by atoms with Gasteiger partial charge in [-0.15, -0.1) is 0 Å². The molecule has 0 unspecified atom stereocenters. The first kappa shape index (κ1) is 4.80. The van der Waals surface area contributed by atoms with Crippen LogP contribution in [0.3, 0.4) is 0 Å². The van der Waals surface area contributed by atoms with E-state index in [1.54, 1.807) is 0 Å². The van der Waals surface area contributed by atoms with Crippen molar-refractivity contribution in [1.82, 2.24) is 0 Å². The van der Waals surface area contributed by atoms with Gasteiger partial charge in [-0.1, -0.05) is 0 Å². The standard InChI is InChI=1S/C7H12O/c1-2-8-5-7-3-6(1)4-7/h6-7H,1-5H2. The van der Waals surface area contributed by atoms with E-state index in [9.17, 15) is 0 Å². The molecule has 46 valence electrons. The molecule has 0 aromatic rings. The van der Waals surface area contributed by atoms with Crippen LogP contribution in [0.2, 0.25) is 0 Å². The third kappa shape index (κ3) is 0.655. The van der Waals surface area contributed by atoms with Crippen LogP contribution in [0.25, 0.3) is 0 Å². The summed E-state index contributed by atoms with van der Waals surface area (Å²) in [5, 5.41) is 0. The molecular weight excluding hydrogens is 100 g/mol. The van der Waals surface area contributed by atoms with E-state index in [0.29, 0.717) is 0 Å². The van der Waals surface area contributed by atoms with Crippen molar-refractivity contribution in [1.29, 1.82) is 0 Å². The molecule has 2 bridgehead atoms. The molecule has 2 heterocycles. The lowest BCUT2D eigenvalue weighted by molar-refractivity contribution is 0.107. The van der Waals surface area contributed by atoms with Crippen LogP contribution < -0.4 is 0 Å². The van der Waals surface area contributed by atoms with Crippen LogP contribution in [-0.4, -0.2) is 13.2 Å². The van der Waals surface area contributed by atoms with Crippen molar-refractivity contribution in [3.8, 4) is 0 Å². The normalized spacial score (nSPS) is 45.0. The summed E-state index contributed by atoms with van der Waals surface area (Å²) in [5.74, 6) is 1.99. The van der Waals surface area contributed by atoms with E-state index in [-0.39, 0.29) is 0 Å². The average molecular weight is 112 g/mol. The van der Waals surface area contributed by atoms with Gasteiger partial charge in [-0.3, -0.25) is 0 Å². The highest BCUT2D eigenvalue weighted by Gasteiger charge is 2.31. The van der Waals surface area contributed by atoms with Gasteiger partial charge in [-0.2, -0.15) is 0 Å². The Morgan fingerprint density at radius 2 is 2.00 bits per heavy atom. The van der Waals surface area contributed by atoms with Crippen LogP contribution in [0.4, 0.5) is 0 Å². The molecule has 0 atom stereocenters. The highest BCUT2D eigenvalue weighted by atomic mass is 16.5. The van der Waals surface area contributed by atoms with E-state index in [4.69, 9.17) is 4.74 Å². The monoisotopic (exact) mass is 112 g/mol. The van der Waals surface area contributed by atoms with Crippen molar-refractivity contribution in [2.45, 2.75) is 19.3 Å². The van der Waals surface area contributed by atoms with Crippen LogP contribution in [0, 0.1) is 11.8 Å². The van der Waals surface area contributed by atoms with Crippen molar-refractivity contribution < 1.29 is 4.74 Å². The summed E-state index contributed by atoms with van der Waals surface area (Å²) in [6, 6.07) is 0. The van der Waals surface area contributed by atoms with Gasteiger partial charge in [-0.05, 0) is 31.1 Å². The zero-order chi connectivity index (χ0) is 5.40. The SMILES string of the molecule is C1CC2CC(CO1)C2. The molecule has 0 N–H and O–H groups in total. The van der Waals surface area contributed by atoms with E-state index in [2.05, 4.69) is 0 Å². The first-order valence-corrected chi connectivity index (χ1v) is 3.53. The molecular formula is C7H12O. The Hall–Kier alpha value is -0.0400. The Morgan fingerprint density at radius 1 is 1.12 bits per heavy atom. The summed E-state index contributed by atoms with van der Waals surface area (Å²) in [4.78, 5) is 0. The van der Waals surface area contributed by atoms with Gasteiger partial charge in [0.25, 0.3) is 0 Å². The number of hydrogen-bond acceptors (Lipinski definition) is 1. The van der Waals surface area contributed by atoms with Crippen molar-refractivity contribution in [2.75, 3.05) is 13.2 Å². The maximum absolute atomic E-state index is 5.35. The van der Waals surface area contributed by atoms with E-state index < -0.39 is 0 Å². The molecule has 3 fully saturated rings. The lowest BCUT2D eigenvalue weighted by Gasteiger charge is -2.30. The van der Waals surface area contributed by atoms with Gasteiger partial charge < -0.3 is 4.74 Å². The van der Waals surface area contributed by atoms with Gasteiger partial charge in [-0.25, -0.2) is 0 Å². The topological polar surface area (TPSA) is 9.23 Å². The molecule has 3 aliphatic rings. The molecule has 1 aliphatic carbocycles. The molecule has 0 aromatic carbocycles. The van der Waals surface area contributed by atoms with Crippen molar-refractivity contribution in [3.63, 3.8) is 0 Å². The minimum atomic E-state index is 0.947. The van der Waals surface area contributed by atoms with Crippen molar-refractivity contribution in [3.05, 3.63) is 0 Å². The zero-order valence-electron chi connectivity index (χ0n) is 5.10. The van der Waals surface area contributed by atoms with Crippen LogP contribution in [0.15, 0.2) is 0 Å². The first-order valence-electron chi connectivity index (χ1n) is 3.53. The predicted molar refractivity (Wildman–Crippen MR) is 31.6 cm³/mol. The second-order valence-electron chi connectivity index (χ2n) is 3.07. The fraction of sp³-hybridized carbons (Fsp3) is 1.00. The van der Waals surface area contributed by atoms with Gasteiger partial charge in [0.05, 0.1) is 0 Å². The van der Waals surface area contributed by atoms with Gasteiger partial charge in [0.2, 0.25) is 0 Å². The molecule has 2 saturated heterocycles. The highest BCUT2D eigenvalue weighted by Crippen LogP contribution is 2.38. The van der Waals surface area contributed by atoms with Crippen LogP contribution in [0.5, 0.6) is 0 Å². The molecule has 0 aromatic heterocycles. The van der Waals surface area contributed by atoms with E-state index >= 15 is 0 Å². The summed E-state index contributed by atoms with van der Waals surface area (Å²) in [6.45, 7) is 2.08. The fourth-order valence-corrected chi connectivity index (χ4v) is 1.75. The Kier molecular flexibility index (Phi) is 1.04. The largest absolute Gasteiger partial charge is 0.381 e. The number of ether oxygens (including phenoxy) is 1. The molecule has 0 radical (unpaired) electrons. The van der Waals surface area contributed by atoms with Gasteiger partial charge >= 0.3 is 0 Å². The quantitative estimate of drug-likeness (QED) is 0.460. The second kappa shape index (κ2) is 1.73. The molecule has 1 heteroatoms. The van der Waals surface area contributed by atoms with Crippen LogP contribution >= 0.6 is 0 Å². The van der Waals surface area contributed by atoms with Gasteiger partial charge in [0, 0.05) is 13.2 Å². The molecule has 1 saturated carbocycles. The average Bonchev–Trinajstić information content (AvgIpc) is 1.89. The second-order valence-corrected chi connectivity index (χ2v) is 3.07. The third-order valence-corrected chi connectivity index (χ3v) is 2.36. The van der Waals surface area contributed by atoms with E-state index in [1.165, 1.54) is 19.3 Å². The maximum atomic E-state index is 5.35. The molecule has 2 aliphatic heterocycles. The number of hydrogen-bond donors (Lipinski definition) is 0. The summed E-state index contributed by atoms with van der Waals surface area (Å²) in [5.41, 5.74) is 0. The van der Waals surface area contributed by atoms with E-state index in [1.807, 2.05) is 0 Å². The van der Waals surface area contributed by atoms with Crippen LogP contribution in [0.1, 0.15) is 19.3 Å². The Bertz CT molecular complexity index is 68.9. The number of rotatable bonds is 0. The van der Waals surface area contributed by atoms with Crippen molar-refractivity contribution >= 4 is 0 Å². The highest BCUT2D eigenvalue weighted by molar-refractivity contribution is 4.81. The van der Waals surface area contributed by atoms with Crippen LogP contribution in [-0.2, 0) is 4.74 Å². The predicted octanol–water partition coefficient (Wildman–Crippen LogP) is 1.43. The maximum Gasteiger partial charge on any atom is 0.0494 e. The fourth-order valence-electron chi connectivity index (χ4n) is 1.75. The molecule has 1 nitrogen and oxygen atoms in total. The van der Waals surface area contributed by atoms with Gasteiger partial charge in [0.15, 0.2) is 0 Å². The Labute approximate surface area is 50.0 Å². The molecule has 0 amide bonds. The summed E-state index contributed by atoms with van der Waals surface area (Å²) >= 11 is 0. The third-order valence-electron chi connectivity index (χ3n) is 2.36. The van der Waals surface area contributed by atoms with Crippen molar-refractivity contribution in [2.24, 2.45) is 11.8 Å². The summed E-state index contributed by atoms with van der Waals surface area (Å²) in [7, 11) is 0. The minimum absolute atomic E-state index is 0.947. The summed E-state index contributed by atoms with van der Waals surface area (Å²) in [6.07, 6.45) is 4.25. The summed E-state index contributed by atoms with van der Waals surface area (Å²) < 4.78 is 5.35. The lowest BCUT2D eigenvalue weighted by Crippen LogP contribution is -2.23. The first-order chi connectivity index (χ1) is 3.95.